The number of fused-ring (bicyclic) bond motifs is 1. The molecule has 1 aromatic heterocycles. The van der Waals surface area contributed by atoms with Crippen LogP contribution in [0.5, 0.6) is 0 Å². The van der Waals surface area contributed by atoms with Crippen LogP contribution in [0.15, 0.2) is 34.2 Å². The highest BCUT2D eigenvalue weighted by Crippen LogP contribution is 2.24. The van der Waals surface area contributed by atoms with Gasteiger partial charge in [0.2, 0.25) is 5.91 Å². The fraction of sp³-hybridized carbons (Fsp3) is 0.500. The van der Waals surface area contributed by atoms with E-state index in [1.54, 1.807) is 24.3 Å². The van der Waals surface area contributed by atoms with Crippen LogP contribution in [0.1, 0.15) is 32.6 Å². The van der Waals surface area contributed by atoms with E-state index in [-0.39, 0.29) is 29.8 Å². The fourth-order valence-electron chi connectivity index (χ4n) is 3.50. The minimum Gasteiger partial charge on any atom is -0.468 e. The van der Waals surface area contributed by atoms with Crippen LogP contribution in [-0.4, -0.2) is 40.3 Å². The van der Waals surface area contributed by atoms with E-state index in [2.05, 4.69) is 17.2 Å². The lowest BCUT2D eigenvalue weighted by Gasteiger charge is -2.29. The Hall–Kier alpha value is -2.35. The molecule has 1 saturated carbocycles. The summed E-state index contributed by atoms with van der Waals surface area (Å²) >= 11 is 1.16. The molecule has 1 aliphatic carbocycles. The van der Waals surface area contributed by atoms with Crippen LogP contribution in [0.2, 0.25) is 0 Å². The third-order valence-corrected chi connectivity index (χ3v) is 6.11. The van der Waals surface area contributed by atoms with E-state index in [1.165, 1.54) is 18.1 Å². The molecule has 1 N–H and O–H groups in total. The number of hydrogen-bond acceptors (Lipinski definition) is 6. The maximum atomic E-state index is 12.8. The second kappa shape index (κ2) is 9.23. The largest absolute Gasteiger partial charge is 0.468 e. The number of hydrogen-bond donors (Lipinski definition) is 1. The molecule has 2 aromatic rings. The number of amides is 1. The lowest BCUT2D eigenvalue weighted by molar-refractivity contribution is -0.141. The SMILES string of the molecule is COC(=O)Cn1c(SCC(=O)NC2CCCCC2C)nc2ccccc2c1=O. The first-order valence-electron chi connectivity index (χ1n) is 9.48. The summed E-state index contributed by atoms with van der Waals surface area (Å²) in [4.78, 5) is 41.5. The van der Waals surface area contributed by atoms with Gasteiger partial charge in [0.1, 0.15) is 6.54 Å². The Morgan fingerprint density at radius 3 is 2.79 bits per heavy atom. The van der Waals surface area contributed by atoms with Gasteiger partial charge in [-0.25, -0.2) is 4.98 Å². The average Bonchev–Trinajstić information content (AvgIpc) is 2.70. The second-order valence-corrected chi connectivity index (χ2v) is 8.05. The van der Waals surface area contributed by atoms with Gasteiger partial charge in [0, 0.05) is 6.04 Å². The van der Waals surface area contributed by atoms with E-state index in [4.69, 9.17) is 4.74 Å². The van der Waals surface area contributed by atoms with Gasteiger partial charge in [0.15, 0.2) is 5.16 Å². The average molecular weight is 404 g/mol. The van der Waals surface area contributed by atoms with E-state index in [1.807, 2.05) is 0 Å². The molecule has 1 amide bonds. The monoisotopic (exact) mass is 403 g/mol. The van der Waals surface area contributed by atoms with E-state index < -0.39 is 5.97 Å². The molecular weight excluding hydrogens is 378 g/mol. The van der Waals surface area contributed by atoms with Crippen molar-refractivity contribution in [2.45, 2.75) is 50.4 Å². The summed E-state index contributed by atoms with van der Waals surface area (Å²) in [6, 6.07) is 7.16. The number of carbonyl (C=O) groups excluding carboxylic acids is 2. The van der Waals surface area contributed by atoms with Gasteiger partial charge in [0.25, 0.3) is 5.56 Å². The predicted molar refractivity (Wildman–Crippen MR) is 108 cm³/mol. The molecule has 0 saturated heterocycles. The Labute approximate surface area is 167 Å². The lowest BCUT2D eigenvalue weighted by Crippen LogP contribution is -2.42. The van der Waals surface area contributed by atoms with E-state index >= 15 is 0 Å². The minimum absolute atomic E-state index is 0.0872. The van der Waals surface area contributed by atoms with Crippen molar-refractivity contribution < 1.29 is 14.3 Å². The van der Waals surface area contributed by atoms with Crippen molar-refractivity contribution >= 4 is 34.5 Å². The molecular formula is C20H25N3O4S. The van der Waals surface area contributed by atoms with Crippen molar-refractivity contribution in [1.29, 1.82) is 0 Å². The quantitative estimate of drug-likeness (QED) is 0.452. The van der Waals surface area contributed by atoms with Crippen LogP contribution in [0.4, 0.5) is 0 Å². The van der Waals surface area contributed by atoms with Gasteiger partial charge in [-0.2, -0.15) is 0 Å². The molecule has 28 heavy (non-hydrogen) atoms. The molecule has 8 heteroatoms. The summed E-state index contributed by atoms with van der Waals surface area (Å²) in [5.41, 5.74) is 0.220. The highest BCUT2D eigenvalue weighted by atomic mass is 32.2. The normalized spacial score (nSPS) is 19.4. The molecule has 3 rings (SSSR count). The number of rotatable bonds is 6. The second-order valence-electron chi connectivity index (χ2n) is 7.10. The standard InChI is InChI=1S/C20H25N3O4S/c1-13-7-3-5-9-15(13)21-17(24)12-28-20-22-16-10-6-4-8-14(16)19(26)23(20)11-18(25)27-2/h4,6,8,10,13,15H,3,5,7,9,11-12H2,1-2H3,(H,21,24). The number of esters is 1. The fourth-order valence-corrected chi connectivity index (χ4v) is 4.31. The first kappa shape index (κ1) is 20.4. The number of thioether (sulfide) groups is 1. The van der Waals surface area contributed by atoms with Crippen molar-refractivity contribution in [3.05, 3.63) is 34.6 Å². The molecule has 150 valence electrons. The first-order chi connectivity index (χ1) is 13.5. The molecule has 1 aliphatic rings. The molecule has 2 atom stereocenters. The van der Waals surface area contributed by atoms with Crippen LogP contribution in [0.3, 0.4) is 0 Å². The van der Waals surface area contributed by atoms with E-state index in [0.717, 1.165) is 31.0 Å². The van der Waals surface area contributed by atoms with Gasteiger partial charge < -0.3 is 10.1 Å². The predicted octanol–water partition coefficient (Wildman–Crippen LogP) is 2.36. The molecule has 0 bridgehead atoms. The summed E-state index contributed by atoms with van der Waals surface area (Å²) in [7, 11) is 1.27. The third-order valence-electron chi connectivity index (χ3n) is 5.13. The molecule has 0 spiro atoms. The lowest BCUT2D eigenvalue weighted by atomic mass is 9.86. The Bertz CT molecular complexity index is 927. The summed E-state index contributed by atoms with van der Waals surface area (Å²) in [5.74, 6) is -0.0221. The molecule has 1 aromatic carbocycles. The van der Waals surface area contributed by atoms with Crippen LogP contribution in [-0.2, 0) is 20.9 Å². The summed E-state index contributed by atoms with van der Waals surface area (Å²) in [6.45, 7) is 1.92. The Balaban J connectivity index is 1.78. The minimum atomic E-state index is -0.540. The zero-order valence-electron chi connectivity index (χ0n) is 16.1. The number of nitrogens with one attached hydrogen (secondary N) is 1. The van der Waals surface area contributed by atoms with Gasteiger partial charge in [-0.1, -0.05) is 43.7 Å². The Kier molecular flexibility index (Phi) is 6.72. The smallest absolute Gasteiger partial charge is 0.325 e. The molecule has 0 aliphatic heterocycles. The van der Waals surface area contributed by atoms with Crippen molar-refractivity contribution in [2.24, 2.45) is 5.92 Å². The van der Waals surface area contributed by atoms with Gasteiger partial charge in [-0.3, -0.25) is 19.0 Å². The number of carbonyl (C=O) groups is 2. The van der Waals surface area contributed by atoms with E-state index in [0.29, 0.717) is 22.0 Å². The highest BCUT2D eigenvalue weighted by Gasteiger charge is 2.23. The summed E-state index contributed by atoms with van der Waals surface area (Å²) in [6.07, 6.45) is 4.47. The third kappa shape index (κ3) is 4.73. The van der Waals surface area contributed by atoms with E-state index in [9.17, 15) is 14.4 Å². The first-order valence-corrected chi connectivity index (χ1v) is 10.5. The van der Waals surface area contributed by atoms with Gasteiger partial charge in [0.05, 0.1) is 23.8 Å². The Morgan fingerprint density at radius 2 is 2.04 bits per heavy atom. The van der Waals surface area contributed by atoms with Gasteiger partial charge in [-0.05, 0) is 30.9 Å². The number of aromatic nitrogens is 2. The topological polar surface area (TPSA) is 90.3 Å². The number of para-hydroxylation sites is 1. The van der Waals surface area contributed by atoms with Gasteiger partial charge in [-0.15, -0.1) is 0 Å². The Morgan fingerprint density at radius 1 is 1.29 bits per heavy atom. The van der Waals surface area contributed by atoms with Crippen LogP contribution >= 0.6 is 11.8 Å². The van der Waals surface area contributed by atoms with Crippen molar-refractivity contribution in [3.8, 4) is 0 Å². The highest BCUT2D eigenvalue weighted by molar-refractivity contribution is 7.99. The molecule has 1 heterocycles. The maximum Gasteiger partial charge on any atom is 0.325 e. The van der Waals surface area contributed by atoms with Crippen LogP contribution in [0, 0.1) is 5.92 Å². The van der Waals surface area contributed by atoms with Gasteiger partial charge >= 0.3 is 5.97 Å². The molecule has 0 radical (unpaired) electrons. The number of nitrogens with zero attached hydrogens (tertiary/aromatic N) is 2. The van der Waals surface area contributed by atoms with Crippen molar-refractivity contribution in [1.82, 2.24) is 14.9 Å². The molecule has 2 unspecified atom stereocenters. The molecule has 7 nitrogen and oxygen atoms in total. The zero-order chi connectivity index (χ0) is 20.1. The van der Waals surface area contributed by atoms with Crippen molar-refractivity contribution in [3.63, 3.8) is 0 Å². The summed E-state index contributed by atoms with van der Waals surface area (Å²) < 4.78 is 5.97. The van der Waals surface area contributed by atoms with Crippen LogP contribution < -0.4 is 10.9 Å². The number of ether oxygens (including phenoxy) is 1. The number of benzene rings is 1. The van der Waals surface area contributed by atoms with Crippen LogP contribution in [0.25, 0.3) is 10.9 Å². The summed E-state index contributed by atoms with van der Waals surface area (Å²) in [5, 5.41) is 3.86. The molecule has 1 fully saturated rings. The number of methoxy groups -OCH3 is 1. The maximum absolute atomic E-state index is 12.8. The zero-order valence-corrected chi connectivity index (χ0v) is 17.0. The van der Waals surface area contributed by atoms with Crippen molar-refractivity contribution in [2.75, 3.05) is 12.9 Å².